The highest BCUT2D eigenvalue weighted by Crippen LogP contribution is 2.30. The Morgan fingerprint density at radius 1 is 1.14 bits per heavy atom. The summed E-state index contributed by atoms with van der Waals surface area (Å²) in [6.07, 6.45) is 7.34. The first-order chi connectivity index (χ1) is 6.75. The van der Waals surface area contributed by atoms with Crippen LogP contribution in [0.4, 0.5) is 0 Å². The summed E-state index contributed by atoms with van der Waals surface area (Å²) in [4.78, 5) is 11.7. The van der Waals surface area contributed by atoms with Gasteiger partial charge in [-0.3, -0.25) is 4.79 Å². The van der Waals surface area contributed by atoms with Crippen molar-refractivity contribution in [3.63, 3.8) is 0 Å². The van der Waals surface area contributed by atoms with Gasteiger partial charge in [0.25, 0.3) is 0 Å². The Labute approximate surface area is 86.5 Å². The first-order valence-corrected chi connectivity index (χ1v) is 6.03. The van der Waals surface area contributed by atoms with Gasteiger partial charge in [-0.1, -0.05) is 6.92 Å². The summed E-state index contributed by atoms with van der Waals surface area (Å²) in [6, 6.07) is 0. The van der Waals surface area contributed by atoms with E-state index >= 15 is 0 Å². The van der Waals surface area contributed by atoms with Crippen molar-refractivity contribution in [1.82, 2.24) is 5.32 Å². The van der Waals surface area contributed by atoms with Crippen LogP contribution < -0.4 is 5.32 Å². The first kappa shape index (κ1) is 10.0. The van der Waals surface area contributed by atoms with E-state index in [9.17, 15) is 4.79 Å². The van der Waals surface area contributed by atoms with Gasteiger partial charge in [0.2, 0.25) is 5.91 Å². The molecule has 2 saturated carbocycles. The van der Waals surface area contributed by atoms with Crippen LogP contribution >= 0.6 is 0 Å². The van der Waals surface area contributed by atoms with Crippen molar-refractivity contribution in [2.24, 2.45) is 17.8 Å². The largest absolute Gasteiger partial charge is 0.356 e. The average Bonchev–Trinajstić information content (AvgIpc) is 2.99. The molecule has 2 fully saturated rings. The fourth-order valence-electron chi connectivity index (χ4n) is 2.23. The van der Waals surface area contributed by atoms with Gasteiger partial charge in [-0.25, -0.2) is 0 Å². The van der Waals surface area contributed by atoms with E-state index in [1.54, 1.807) is 0 Å². The maximum absolute atomic E-state index is 11.7. The summed E-state index contributed by atoms with van der Waals surface area (Å²) in [6.45, 7) is 3.23. The SMILES string of the molecule is C[C@H]1CC[C@@H](C(=O)NCC2CC2)CC1. The minimum absolute atomic E-state index is 0.323. The van der Waals surface area contributed by atoms with E-state index in [2.05, 4.69) is 12.2 Å². The lowest BCUT2D eigenvalue weighted by Crippen LogP contribution is -2.34. The van der Waals surface area contributed by atoms with Crippen molar-refractivity contribution in [3.8, 4) is 0 Å². The number of amides is 1. The Bertz CT molecular complexity index is 202. The van der Waals surface area contributed by atoms with Gasteiger partial charge in [-0.15, -0.1) is 0 Å². The van der Waals surface area contributed by atoms with Gasteiger partial charge in [-0.05, 0) is 50.4 Å². The zero-order valence-corrected chi connectivity index (χ0v) is 9.09. The molecule has 0 atom stereocenters. The first-order valence-electron chi connectivity index (χ1n) is 6.03. The van der Waals surface area contributed by atoms with Crippen LogP contribution in [0.3, 0.4) is 0 Å². The molecule has 0 radical (unpaired) electrons. The quantitative estimate of drug-likeness (QED) is 0.736. The zero-order chi connectivity index (χ0) is 9.97. The Hall–Kier alpha value is -0.530. The molecule has 2 aliphatic carbocycles. The summed E-state index contributed by atoms with van der Waals surface area (Å²) in [5.41, 5.74) is 0. The molecule has 0 unspecified atom stereocenters. The number of carbonyl (C=O) groups is 1. The molecule has 0 aromatic heterocycles. The third-order valence-corrected chi connectivity index (χ3v) is 3.65. The van der Waals surface area contributed by atoms with Crippen LogP contribution in [0, 0.1) is 17.8 Å². The lowest BCUT2D eigenvalue weighted by atomic mass is 9.82. The van der Waals surface area contributed by atoms with E-state index in [0.717, 1.165) is 31.2 Å². The summed E-state index contributed by atoms with van der Waals surface area (Å²) in [7, 11) is 0. The highest BCUT2D eigenvalue weighted by Gasteiger charge is 2.26. The zero-order valence-electron chi connectivity index (χ0n) is 9.09. The van der Waals surface area contributed by atoms with Crippen LogP contribution in [0.5, 0.6) is 0 Å². The molecule has 2 heteroatoms. The summed E-state index contributed by atoms with van der Waals surface area (Å²) in [5, 5.41) is 3.09. The highest BCUT2D eigenvalue weighted by atomic mass is 16.1. The van der Waals surface area contributed by atoms with E-state index in [4.69, 9.17) is 0 Å². The number of hydrogen-bond donors (Lipinski definition) is 1. The number of hydrogen-bond acceptors (Lipinski definition) is 1. The van der Waals surface area contributed by atoms with Gasteiger partial charge in [0.1, 0.15) is 0 Å². The molecule has 14 heavy (non-hydrogen) atoms. The van der Waals surface area contributed by atoms with E-state index in [1.165, 1.54) is 25.7 Å². The molecule has 0 aromatic carbocycles. The Kier molecular flexibility index (Phi) is 3.09. The standard InChI is InChI=1S/C12H21NO/c1-9-2-6-11(7-3-9)12(14)13-8-10-4-5-10/h9-11H,2-8H2,1H3,(H,13,14)/t9-,11+. The van der Waals surface area contributed by atoms with Crippen LogP contribution in [0.1, 0.15) is 45.4 Å². The van der Waals surface area contributed by atoms with E-state index < -0.39 is 0 Å². The lowest BCUT2D eigenvalue weighted by Gasteiger charge is -2.25. The number of rotatable bonds is 3. The number of carbonyl (C=O) groups excluding carboxylic acids is 1. The second-order valence-electron chi connectivity index (χ2n) is 5.15. The van der Waals surface area contributed by atoms with Crippen LogP contribution in [0.25, 0.3) is 0 Å². The molecule has 0 saturated heterocycles. The molecule has 2 nitrogen and oxygen atoms in total. The molecule has 0 heterocycles. The maximum atomic E-state index is 11.7. The monoisotopic (exact) mass is 195 g/mol. The van der Waals surface area contributed by atoms with E-state index in [1.807, 2.05) is 0 Å². The normalized spacial score (nSPS) is 32.6. The van der Waals surface area contributed by atoms with Crippen molar-refractivity contribution in [3.05, 3.63) is 0 Å². The molecule has 0 spiro atoms. The smallest absolute Gasteiger partial charge is 0.223 e. The van der Waals surface area contributed by atoms with E-state index in [0.29, 0.717) is 11.8 Å². The molecule has 2 aliphatic rings. The molecule has 2 rings (SSSR count). The van der Waals surface area contributed by atoms with Crippen LogP contribution in [-0.2, 0) is 4.79 Å². The molecule has 1 N–H and O–H groups in total. The van der Waals surface area contributed by atoms with Gasteiger partial charge >= 0.3 is 0 Å². The summed E-state index contributed by atoms with van der Waals surface area (Å²) >= 11 is 0. The Morgan fingerprint density at radius 3 is 2.36 bits per heavy atom. The molecule has 0 aliphatic heterocycles. The minimum atomic E-state index is 0.323. The molecule has 0 bridgehead atoms. The minimum Gasteiger partial charge on any atom is -0.356 e. The van der Waals surface area contributed by atoms with Gasteiger partial charge in [0, 0.05) is 12.5 Å². The number of nitrogens with one attached hydrogen (secondary N) is 1. The highest BCUT2D eigenvalue weighted by molar-refractivity contribution is 5.78. The van der Waals surface area contributed by atoms with Gasteiger partial charge < -0.3 is 5.32 Å². The van der Waals surface area contributed by atoms with Gasteiger partial charge in [0.15, 0.2) is 0 Å². The fraction of sp³-hybridized carbons (Fsp3) is 0.917. The lowest BCUT2D eigenvalue weighted by molar-refractivity contribution is -0.126. The van der Waals surface area contributed by atoms with Crippen LogP contribution in [0.15, 0.2) is 0 Å². The van der Waals surface area contributed by atoms with E-state index in [-0.39, 0.29) is 0 Å². The second kappa shape index (κ2) is 4.33. The average molecular weight is 195 g/mol. The fourth-order valence-corrected chi connectivity index (χ4v) is 2.23. The second-order valence-corrected chi connectivity index (χ2v) is 5.15. The van der Waals surface area contributed by atoms with Gasteiger partial charge in [0.05, 0.1) is 0 Å². The molecule has 1 amide bonds. The van der Waals surface area contributed by atoms with Crippen molar-refractivity contribution in [1.29, 1.82) is 0 Å². The predicted octanol–water partition coefficient (Wildman–Crippen LogP) is 2.34. The summed E-state index contributed by atoms with van der Waals surface area (Å²) in [5.74, 6) is 2.29. The van der Waals surface area contributed by atoms with Crippen LogP contribution in [0.2, 0.25) is 0 Å². The summed E-state index contributed by atoms with van der Waals surface area (Å²) < 4.78 is 0. The third kappa shape index (κ3) is 2.73. The van der Waals surface area contributed by atoms with Crippen molar-refractivity contribution in [2.45, 2.75) is 45.4 Å². The Morgan fingerprint density at radius 2 is 1.79 bits per heavy atom. The van der Waals surface area contributed by atoms with Crippen molar-refractivity contribution < 1.29 is 4.79 Å². The van der Waals surface area contributed by atoms with Crippen molar-refractivity contribution >= 4 is 5.91 Å². The molecule has 0 aromatic rings. The maximum Gasteiger partial charge on any atom is 0.223 e. The Balaban J connectivity index is 1.68. The topological polar surface area (TPSA) is 29.1 Å². The molecular weight excluding hydrogens is 174 g/mol. The molecule has 80 valence electrons. The molecular formula is C12H21NO. The predicted molar refractivity (Wildman–Crippen MR) is 56.9 cm³/mol. The van der Waals surface area contributed by atoms with Crippen LogP contribution in [-0.4, -0.2) is 12.5 Å². The van der Waals surface area contributed by atoms with Crippen molar-refractivity contribution in [2.75, 3.05) is 6.54 Å². The van der Waals surface area contributed by atoms with Gasteiger partial charge in [-0.2, -0.15) is 0 Å². The third-order valence-electron chi connectivity index (χ3n) is 3.65.